The lowest BCUT2D eigenvalue weighted by molar-refractivity contribution is -0.164. The van der Waals surface area contributed by atoms with Crippen LogP contribution in [0.4, 0.5) is 0 Å². The van der Waals surface area contributed by atoms with E-state index in [0.29, 0.717) is 0 Å². The molecule has 1 unspecified atom stereocenters. The van der Waals surface area contributed by atoms with Crippen LogP contribution >= 0.6 is 0 Å². The number of esters is 2. The lowest BCUT2D eigenvalue weighted by atomic mass is 10.1. The van der Waals surface area contributed by atoms with Crippen molar-refractivity contribution in [3.63, 3.8) is 0 Å². The highest BCUT2D eigenvalue weighted by Gasteiger charge is 2.70. The zero-order valence-corrected chi connectivity index (χ0v) is 13.8. The third-order valence-electron chi connectivity index (χ3n) is 3.33. The Morgan fingerprint density at radius 1 is 1.22 bits per heavy atom. The first-order chi connectivity index (χ1) is 10.8. The monoisotopic (exact) mass is 343 g/mol. The van der Waals surface area contributed by atoms with Crippen molar-refractivity contribution in [1.29, 1.82) is 0 Å². The Hall–Kier alpha value is -1.97. The number of hydroxylamine groups is 2. The Morgan fingerprint density at radius 2 is 1.83 bits per heavy atom. The molecule has 9 heteroatoms. The van der Waals surface area contributed by atoms with E-state index >= 15 is 0 Å². The minimum absolute atomic E-state index is 0.0378. The van der Waals surface area contributed by atoms with Gasteiger partial charge in [-0.2, -0.15) is 12.7 Å². The van der Waals surface area contributed by atoms with Gasteiger partial charge in [0.15, 0.2) is 0 Å². The van der Waals surface area contributed by atoms with Crippen LogP contribution in [0.25, 0.3) is 0 Å². The van der Waals surface area contributed by atoms with Crippen LogP contribution in [0.2, 0.25) is 0 Å². The molecule has 1 aromatic rings. The second-order valence-electron chi connectivity index (χ2n) is 4.95. The first-order valence-corrected chi connectivity index (χ1v) is 8.23. The molecule has 1 aliphatic rings. The Bertz CT molecular complexity index is 713. The van der Waals surface area contributed by atoms with Crippen LogP contribution < -0.4 is 0 Å². The number of carbonyl (C=O) groups is 2. The zero-order chi connectivity index (χ0) is 17.3. The van der Waals surface area contributed by atoms with E-state index in [-0.39, 0.29) is 18.0 Å². The van der Waals surface area contributed by atoms with E-state index in [2.05, 4.69) is 4.74 Å². The van der Waals surface area contributed by atoms with Crippen LogP contribution in [0.1, 0.15) is 12.5 Å². The average Bonchev–Trinajstić information content (AvgIpc) is 3.21. The first kappa shape index (κ1) is 17.4. The number of benzene rings is 1. The second kappa shape index (κ2) is 6.26. The number of methoxy groups -OCH3 is 1. The molecular formula is C14H17NO7S. The Morgan fingerprint density at radius 3 is 2.35 bits per heavy atom. The third kappa shape index (κ3) is 3.21. The van der Waals surface area contributed by atoms with Crippen molar-refractivity contribution in [2.75, 3.05) is 20.3 Å². The molecule has 8 nitrogen and oxygen atoms in total. The number of rotatable bonds is 6. The molecule has 0 radical (unpaired) electrons. The van der Waals surface area contributed by atoms with E-state index < -0.39 is 27.6 Å². The molecule has 0 amide bonds. The van der Waals surface area contributed by atoms with Gasteiger partial charge in [0.1, 0.15) is 0 Å². The third-order valence-corrected chi connectivity index (χ3v) is 4.55. The predicted molar refractivity (Wildman–Crippen MR) is 77.5 cm³/mol. The van der Waals surface area contributed by atoms with Gasteiger partial charge in [-0.05, 0) is 26.0 Å². The molecular weight excluding hydrogens is 326 g/mol. The van der Waals surface area contributed by atoms with E-state index in [1.54, 1.807) is 19.1 Å². The number of hydrogen-bond donors (Lipinski definition) is 0. The van der Waals surface area contributed by atoms with Gasteiger partial charge < -0.3 is 9.47 Å². The summed E-state index contributed by atoms with van der Waals surface area (Å²) >= 11 is 0. The van der Waals surface area contributed by atoms with Crippen molar-refractivity contribution in [2.24, 2.45) is 0 Å². The minimum Gasteiger partial charge on any atom is -0.467 e. The van der Waals surface area contributed by atoms with Crippen molar-refractivity contribution < 1.29 is 31.8 Å². The van der Waals surface area contributed by atoms with Gasteiger partial charge in [-0.15, -0.1) is 5.06 Å². The quantitative estimate of drug-likeness (QED) is 0.416. The summed E-state index contributed by atoms with van der Waals surface area (Å²) in [7, 11) is -3.07. The summed E-state index contributed by atoms with van der Waals surface area (Å²) in [5, 5.41) is 0.742. The van der Waals surface area contributed by atoms with Crippen molar-refractivity contribution in [3.8, 4) is 0 Å². The number of nitrogens with zero attached hydrogens (tertiary/aromatic N) is 1. The molecule has 0 N–H and O–H groups in total. The highest BCUT2D eigenvalue weighted by Crippen LogP contribution is 2.37. The summed E-state index contributed by atoms with van der Waals surface area (Å²) in [5.74, 6) is -1.85. The largest absolute Gasteiger partial charge is 0.467 e. The molecule has 1 aromatic carbocycles. The Kier molecular flexibility index (Phi) is 4.73. The fraction of sp³-hybridized carbons (Fsp3) is 0.429. The highest BCUT2D eigenvalue weighted by molar-refractivity contribution is 7.86. The molecule has 2 atom stereocenters. The molecule has 23 heavy (non-hydrogen) atoms. The van der Waals surface area contributed by atoms with Crippen LogP contribution in [-0.4, -0.2) is 51.2 Å². The van der Waals surface area contributed by atoms with E-state index in [1.165, 1.54) is 12.1 Å². The van der Waals surface area contributed by atoms with Gasteiger partial charge in [-0.25, -0.2) is 9.59 Å². The minimum atomic E-state index is -4.16. The standard InChI is InChI=1S/C14H17NO7S/c1-4-21-13(17)14(12(16)20-3)9-15(14)22-23(18,19)11-7-5-10(2)6-8-11/h5-8H,4,9H2,1-3H3/t14-,15?/m1/s1. The van der Waals surface area contributed by atoms with E-state index in [4.69, 9.17) is 9.02 Å². The summed E-state index contributed by atoms with van der Waals surface area (Å²) in [6.45, 7) is 3.16. The summed E-state index contributed by atoms with van der Waals surface area (Å²) in [6, 6.07) is 5.96. The fourth-order valence-corrected chi connectivity index (χ4v) is 2.94. The first-order valence-electron chi connectivity index (χ1n) is 6.82. The van der Waals surface area contributed by atoms with Crippen molar-refractivity contribution in [2.45, 2.75) is 24.3 Å². The Balaban J connectivity index is 2.21. The second-order valence-corrected chi connectivity index (χ2v) is 6.48. The molecule has 0 spiro atoms. The van der Waals surface area contributed by atoms with Gasteiger partial charge in [0.25, 0.3) is 5.54 Å². The van der Waals surface area contributed by atoms with Crippen LogP contribution in [0.3, 0.4) is 0 Å². The summed E-state index contributed by atoms with van der Waals surface area (Å²) in [6.07, 6.45) is 0. The van der Waals surface area contributed by atoms with Gasteiger partial charge in [0.2, 0.25) is 0 Å². The zero-order valence-electron chi connectivity index (χ0n) is 12.9. The topological polar surface area (TPSA) is 99.0 Å². The van der Waals surface area contributed by atoms with Crippen LogP contribution in [0.15, 0.2) is 29.2 Å². The molecule has 1 fully saturated rings. The van der Waals surface area contributed by atoms with E-state index in [9.17, 15) is 18.0 Å². The molecule has 0 bridgehead atoms. The number of hydrogen-bond acceptors (Lipinski definition) is 8. The molecule has 1 saturated heterocycles. The highest BCUT2D eigenvalue weighted by atomic mass is 32.2. The van der Waals surface area contributed by atoms with Crippen molar-refractivity contribution in [1.82, 2.24) is 5.06 Å². The molecule has 126 valence electrons. The molecule has 0 saturated carbocycles. The average molecular weight is 343 g/mol. The Labute approximate surface area is 134 Å². The van der Waals surface area contributed by atoms with Gasteiger partial charge in [0.05, 0.1) is 25.2 Å². The van der Waals surface area contributed by atoms with Crippen LogP contribution in [0, 0.1) is 6.92 Å². The SMILES string of the molecule is CCOC(=O)[C@]1(C(=O)OC)CN1OS(=O)(=O)c1ccc(C)cc1. The summed E-state index contributed by atoms with van der Waals surface area (Å²) in [5.41, 5.74) is -0.992. The number of aryl methyl sites for hydroxylation is 1. The maximum atomic E-state index is 12.2. The van der Waals surface area contributed by atoms with Crippen LogP contribution in [0.5, 0.6) is 0 Å². The molecule has 2 rings (SSSR count). The summed E-state index contributed by atoms with van der Waals surface area (Å²) < 4.78 is 38.7. The van der Waals surface area contributed by atoms with Crippen LogP contribution in [-0.2, 0) is 33.5 Å². The van der Waals surface area contributed by atoms with Gasteiger partial charge in [-0.1, -0.05) is 17.7 Å². The molecule has 1 heterocycles. The van der Waals surface area contributed by atoms with Gasteiger partial charge in [-0.3, -0.25) is 0 Å². The smallest absolute Gasteiger partial charge is 0.342 e. The predicted octanol–water partition coefficient (Wildman–Crippen LogP) is 0.406. The molecule has 1 aliphatic heterocycles. The number of carbonyl (C=O) groups excluding carboxylic acids is 2. The van der Waals surface area contributed by atoms with Gasteiger partial charge >= 0.3 is 22.1 Å². The fourth-order valence-electron chi connectivity index (χ4n) is 1.96. The molecule has 0 aromatic heterocycles. The van der Waals surface area contributed by atoms with Crippen molar-refractivity contribution >= 4 is 22.1 Å². The number of ether oxygens (including phenoxy) is 2. The van der Waals surface area contributed by atoms with Crippen molar-refractivity contribution in [3.05, 3.63) is 29.8 Å². The lowest BCUT2D eigenvalue weighted by Crippen LogP contribution is -2.41. The van der Waals surface area contributed by atoms with Gasteiger partial charge in [0, 0.05) is 0 Å². The van der Waals surface area contributed by atoms with E-state index in [1.807, 2.05) is 6.92 Å². The normalized spacial score (nSPS) is 23.2. The van der Waals surface area contributed by atoms with E-state index in [0.717, 1.165) is 17.7 Å². The maximum absolute atomic E-state index is 12.2. The maximum Gasteiger partial charge on any atom is 0.342 e. The lowest BCUT2D eigenvalue weighted by Gasteiger charge is -2.13. The summed E-state index contributed by atoms with van der Waals surface area (Å²) in [4.78, 5) is 23.7. The molecule has 0 aliphatic carbocycles.